The Kier molecular flexibility index (Phi) is 3.86. The Hall–Kier alpha value is -1.98. The maximum Gasteiger partial charge on any atom is 0.232 e. The summed E-state index contributed by atoms with van der Waals surface area (Å²) < 4.78 is 16.7. The number of hydrogen-bond acceptors (Lipinski definition) is 5. The van der Waals surface area contributed by atoms with Crippen LogP contribution in [0.3, 0.4) is 0 Å². The highest BCUT2D eigenvalue weighted by Crippen LogP contribution is 2.41. The highest BCUT2D eigenvalue weighted by atomic mass is 35.5. The standard InChI is InChI=1S/C15H15ClN2O3/c1-19-15-11(16)5-6-12(18-15)10-3-2-4-13-14(10)21-9(7-17)8-20-13/h2-6,9H,7-8,17H2,1H3/t9-/m0/s1. The zero-order valence-corrected chi connectivity index (χ0v) is 12.3. The molecule has 0 bridgehead atoms. The first-order chi connectivity index (χ1) is 10.2. The molecule has 3 rings (SSSR count). The van der Waals surface area contributed by atoms with E-state index in [1.165, 1.54) is 7.11 Å². The fraction of sp³-hybridized carbons (Fsp3) is 0.267. The normalized spacial score (nSPS) is 16.6. The van der Waals surface area contributed by atoms with Gasteiger partial charge in [-0.25, -0.2) is 4.98 Å². The third-order valence-corrected chi connectivity index (χ3v) is 3.52. The lowest BCUT2D eigenvalue weighted by Crippen LogP contribution is -2.35. The van der Waals surface area contributed by atoms with Gasteiger partial charge in [0.05, 0.1) is 12.8 Å². The number of benzene rings is 1. The lowest BCUT2D eigenvalue weighted by molar-refractivity contribution is 0.0976. The van der Waals surface area contributed by atoms with Gasteiger partial charge in [-0.3, -0.25) is 0 Å². The maximum absolute atomic E-state index is 6.01. The zero-order chi connectivity index (χ0) is 14.8. The van der Waals surface area contributed by atoms with E-state index < -0.39 is 0 Å². The Labute approximate surface area is 127 Å². The molecule has 110 valence electrons. The monoisotopic (exact) mass is 306 g/mol. The van der Waals surface area contributed by atoms with E-state index in [9.17, 15) is 0 Å². The predicted molar refractivity (Wildman–Crippen MR) is 80.2 cm³/mol. The minimum atomic E-state index is -0.159. The van der Waals surface area contributed by atoms with Gasteiger partial charge in [0.15, 0.2) is 11.5 Å². The van der Waals surface area contributed by atoms with Crippen molar-refractivity contribution in [2.45, 2.75) is 6.10 Å². The highest BCUT2D eigenvalue weighted by Gasteiger charge is 2.23. The molecule has 2 heterocycles. The van der Waals surface area contributed by atoms with Crippen LogP contribution in [0.1, 0.15) is 0 Å². The van der Waals surface area contributed by atoms with E-state index >= 15 is 0 Å². The second-order valence-electron chi connectivity index (χ2n) is 4.61. The van der Waals surface area contributed by atoms with Gasteiger partial charge < -0.3 is 19.9 Å². The second-order valence-corrected chi connectivity index (χ2v) is 5.01. The van der Waals surface area contributed by atoms with E-state index in [4.69, 9.17) is 31.5 Å². The molecule has 6 heteroatoms. The molecule has 0 spiro atoms. The summed E-state index contributed by atoms with van der Waals surface area (Å²) in [6, 6.07) is 9.22. The van der Waals surface area contributed by atoms with E-state index in [2.05, 4.69) is 4.98 Å². The van der Waals surface area contributed by atoms with Gasteiger partial charge in [0.2, 0.25) is 5.88 Å². The average Bonchev–Trinajstić information content (AvgIpc) is 2.54. The molecule has 2 aromatic rings. The van der Waals surface area contributed by atoms with Crippen LogP contribution in [0.2, 0.25) is 5.02 Å². The van der Waals surface area contributed by atoms with Crippen LogP contribution in [0.5, 0.6) is 17.4 Å². The molecule has 0 aliphatic carbocycles. The van der Waals surface area contributed by atoms with Crippen LogP contribution in [-0.4, -0.2) is 31.3 Å². The topological polar surface area (TPSA) is 66.6 Å². The zero-order valence-electron chi connectivity index (χ0n) is 11.5. The maximum atomic E-state index is 6.01. The summed E-state index contributed by atoms with van der Waals surface area (Å²) in [5, 5.41) is 0.461. The molecule has 21 heavy (non-hydrogen) atoms. The highest BCUT2D eigenvalue weighted by molar-refractivity contribution is 6.31. The first kappa shape index (κ1) is 14.0. The van der Waals surface area contributed by atoms with Crippen molar-refractivity contribution < 1.29 is 14.2 Å². The van der Waals surface area contributed by atoms with Crippen LogP contribution in [0.15, 0.2) is 30.3 Å². The third kappa shape index (κ3) is 2.62. The molecule has 2 N–H and O–H groups in total. The lowest BCUT2D eigenvalue weighted by Gasteiger charge is -2.27. The van der Waals surface area contributed by atoms with Crippen molar-refractivity contribution in [3.8, 4) is 28.6 Å². The van der Waals surface area contributed by atoms with E-state index in [1.54, 1.807) is 6.07 Å². The van der Waals surface area contributed by atoms with Crippen molar-refractivity contribution in [3.63, 3.8) is 0 Å². The molecular weight excluding hydrogens is 292 g/mol. The van der Waals surface area contributed by atoms with Crippen molar-refractivity contribution >= 4 is 11.6 Å². The van der Waals surface area contributed by atoms with Crippen molar-refractivity contribution in [1.29, 1.82) is 0 Å². The third-order valence-electron chi connectivity index (χ3n) is 3.23. The smallest absolute Gasteiger partial charge is 0.232 e. The summed E-state index contributed by atoms with van der Waals surface area (Å²) >= 11 is 6.01. The molecule has 1 atom stereocenters. The lowest BCUT2D eigenvalue weighted by atomic mass is 10.1. The van der Waals surface area contributed by atoms with Crippen LogP contribution >= 0.6 is 11.6 Å². The Morgan fingerprint density at radius 2 is 2.24 bits per heavy atom. The van der Waals surface area contributed by atoms with Crippen molar-refractivity contribution in [2.75, 3.05) is 20.3 Å². The largest absolute Gasteiger partial charge is 0.486 e. The number of nitrogens with two attached hydrogens (primary N) is 1. The quantitative estimate of drug-likeness (QED) is 0.944. The summed E-state index contributed by atoms with van der Waals surface area (Å²) in [6.07, 6.45) is -0.159. The Bertz CT molecular complexity index is 663. The number of methoxy groups -OCH3 is 1. The van der Waals surface area contributed by atoms with Crippen molar-refractivity contribution in [1.82, 2.24) is 4.98 Å². The van der Waals surface area contributed by atoms with Gasteiger partial charge in [0.25, 0.3) is 0 Å². The molecule has 1 aromatic carbocycles. The van der Waals surface area contributed by atoms with Crippen LogP contribution in [0, 0.1) is 0 Å². The van der Waals surface area contributed by atoms with Gasteiger partial charge in [0.1, 0.15) is 17.7 Å². The summed E-state index contributed by atoms with van der Waals surface area (Å²) in [5.74, 6) is 1.71. The number of para-hydroxylation sites is 1. The van der Waals surface area contributed by atoms with E-state index in [-0.39, 0.29) is 6.10 Å². The van der Waals surface area contributed by atoms with Crippen molar-refractivity contribution in [3.05, 3.63) is 35.4 Å². The minimum Gasteiger partial charge on any atom is -0.486 e. The fourth-order valence-corrected chi connectivity index (χ4v) is 2.35. The number of halogens is 1. The molecule has 0 saturated carbocycles. The molecule has 1 aliphatic rings. The first-order valence-corrected chi connectivity index (χ1v) is 6.94. The van der Waals surface area contributed by atoms with Crippen LogP contribution in [0.25, 0.3) is 11.3 Å². The number of rotatable bonds is 3. The van der Waals surface area contributed by atoms with Gasteiger partial charge in [-0.2, -0.15) is 0 Å². The molecule has 0 fully saturated rings. The first-order valence-electron chi connectivity index (χ1n) is 6.56. The van der Waals surface area contributed by atoms with Crippen molar-refractivity contribution in [2.24, 2.45) is 5.73 Å². The molecule has 1 aromatic heterocycles. The van der Waals surface area contributed by atoms with E-state index in [0.717, 1.165) is 5.56 Å². The number of hydrogen-bond donors (Lipinski definition) is 1. The van der Waals surface area contributed by atoms with Gasteiger partial charge in [-0.1, -0.05) is 17.7 Å². The summed E-state index contributed by atoms with van der Waals surface area (Å²) in [4.78, 5) is 4.40. The van der Waals surface area contributed by atoms with Crippen LogP contribution in [0.4, 0.5) is 0 Å². The average molecular weight is 307 g/mol. The summed E-state index contributed by atoms with van der Waals surface area (Å²) in [7, 11) is 1.53. The predicted octanol–water partition coefficient (Wildman–Crippen LogP) is 2.51. The molecular formula is C15H15ClN2O3. The van der Waals surface area contributed by atoms with Gasteiger partial charge in [0, 0.05) is 12.1 Å². The number of ether oxygens (including phenoxy) is 3. The summed E-state index contributed by atoms with van der Waals surface area (Å²) in [5.41, 5.74) is 7.18. The molecule has 0 radical (unpaired) electrons. The molecule has 0 amide bonds. The molecule has 5 nitrogen and oxygen atoms in total. The van der Waals surface area contributed by atoms with E-state index in [1.807, 2.05) is 24.3 Å². The number of pyridine rings is 1. The molecule has 1 aliphatic heterocycles. The van der Waals surface area contributed by atoms with Crippen LogP contribution in [-0.2, 0) is 0 Å². The number of fused-ring (bicyclic) bond motifs is 1. The second kappa shape index (κ2) is 5.79. The fourth-order valence-electron chi connectivity index (χ4n) is 2.17. The summed E-state index contributed by atoms with van der Waals surface area (Å²) in [6.45, 7) is 0.843. The number of aromatic nitrogens is 1. The molecule has 0 unspecified atom stereocenters. The van der Waals surface area contributed by atoms with E-state index in [0.29, 0.717) is 41.2 Å². The Morgan fingerprint density at radius 1 is 1.38 bits per heavy atom. The minimum absolute atomic E-state index is 0.159. The Balaban J connectivity index is 2.07. The SMILES string of the molecule is COc1nc(-c2cccc3c2O[C@@H](CN)CO3)ccc1Cl. The van der Waals surface area contributed by atoms with Gasteiger partial charge in [-0.15, -0.1) is 0 Å². The van der Waals surface area contributed by atoms with Crippen LogP contribution < -0.4 is 19.9 Å². The van der Waals surface area contributed by atoms with Gasteiger partial charge >= 0.3 is 0 Å². The Morgan fingerprint density at radius 3 is 3.00 bits per heavy atom. The van der Waals surface area contributed by atoms with Gasteiger partial charge in [-0.05, 0) is 24.3 Å². The molecule has 0 saturated heterocycles. The number of nitrogens with zero attached hydrogens (tertiary/aromatic N) is 1.